The van der Waals surface area contributed by atoms with Crippen LogP contribution in [0.1, 0.15) is 97.3 Å². The summed E-state index contributed by atoms with van der Waals surface area (Å²) in [6.45, 7) is 4.31. The minimum atomic E-state index is -0.631. The third kappa shape index (κ3) is 13.9. The lowest BCUT2D eigenvalue weighted by molar-refractivity contribution is -0.142. The largest absolute Gasteiger partial charge is 0.481 e. The van der Waals surface area contributed by atoms with E-state index in [4.69, 9.17) is 5.11 Å². The van der Waals surface area contributed by atoms with Gasteiger partial charge in [0.2, 0.25) is 0 Å². The first-order valence-corrected chi connectivity index (χ1v) is 9.10. The SMILES string of the molecule is CCCCCCCCCCC=CCCC(CCC)C(=O)O. The normalized spacial score (nSPS) is 12.9. The van der Waals surface area contributed by atoms with Gasteiger partial charge in [-0.2, -0.15) is 0 Å². The maximum atomic E-state index is 11.0. The fourth-order valence-electron chi connectivity index (χ4n) is 2.67. The van der Waals surface area contributed by atoms with Crippen LogP contribution >= 0.6 is 0 Å². The number of carboxylic acid groups (broad SMARTS) is 1. The van der Waals surface area contributed by atoms with Crippen LogP contribution in [0, 0.1) is 5.92 Å². The number of aliphatic carboxylic acids is 1. The van der Waals surface area contributed by atoms with Crippen LogP contribution in [-0.4, -0.2) is 11.1 Å². The Hall–Kier alpha value is -0.790. The van der Waals surface area contributed by atoms with E-state index in [2.05, 4.69) is 19.1 Å². The van der Waals surface area contributed by atoms with Crippen LogP contribution in [0.5, 0.6) is 0 Å². The summed E-state index contributed by atoms with van der Waals surface area (Å²) in [4.78, 5) is 11.0. The van der Waals surface area contributed by atoms with Crippen LogP contribution in [0.3, 0.4) is 0 Å². The highest BCUT2D eigenvalue weighted by Gasteiger charge is 2.14. The molecule has 0 saturated heterocycles. The van der Waals surface area contributed by atoms with Gasteiger partial charge in [-0.3, -0.25) is 4.79 Å². The molecule has 0 amide bonds. The zero-order valence-corrected chi connectivity index (χ0v) is 14.3. The van der Waals surface area contributed by atoms with Crippen molar-refractivity contribution in [2.45, 2.75) is 97.3 Å². The van der Waals surface area contributed by atoms with E-state index in [1.54, 1.807) is 0 Å². The van der Waals surface area contributed by atoms with E-state index in [9.17, 15) is 4.79 Å². The first kappa shape index (κ1) is 20.2. The molecule has 1 atom stereocenters. The molecule has 2 nitrogen and oxygen atoms in total. The van der Waals surface area contributed by atoms with Gasteiger partial charge in [-0.05, 0) is 32.1 Å². The van der Waals surface area contributed by atoms with Gasteiger partial charge in [0.15, 0.2) is 0 Å². The summed E-state index contributed by atoms with van der Waals surface area (Å²) < 4.78 is 0. The summed E-state index contributed by atoms with van der Waals surface area (Å²) in [6, 6.07) is 0. The van der Waals surface area contributed by atoms with Crippen LogP contribution in [0.15, 0.2) is 12.2 Å². The van der Waals surface area contributed by atoms with Gasteiger partial charge in [0.05, 0.1) is 5.92 Å². The van der Waals surface area contributed by atoms with Crippen LogP contribution in [0.25, 0.3) is 0 Å². The molecular weight excluding hydrogens is 260 g/mol. The molecule has 0 aromatic carbocycles. The molecule has 0 heterocycles. The number of carbonyl (C=O) groups is 1. The molecule has 0 bridgehead atoms. The molecule has 0 saturated carbocycles. The van der Waals surface area contributed by atoms with E-state index in [0.29, 0.717) is 0 Å². The van der Waals surface area contributed by atoms with Crippen LogP contribution in [0.4, 0.5) is 0 Å². The molecule has 0 aromatic heterocycles. The molecule has 0 aromatic rings. The van der Waals surface area contributed by atoms with Gasteiger partial charge in [-0.1, -0.05) is 77.4 Å². The molecule has 0 rings (SSSR count). The average molecular weight is 296 g/mol. The van der Waals surface area contributed by atoms with E-state index < -0.39 is 5.97 Å². The second-order valence-corrected chi connectivity index (χ2v) is 6.14. The maximum absolute atomic E-state index is 11.0. The van der Waals surface area contributed by atoms with Crippen LogP contribution < -0.4 is 0 Å². The van der Waals surface area contributed by atoms with E-state index in [-0.39, 0.29) is 5.92 Å². The molecule has 1 unspecified atom stereocenters. The monoisotopic (exact) mass is 296 g/mol. The Labute approximate surface area is 132 Å². The minimum absolute atomic E-state index is 0.150. The molecule has 124 valence electrons. The molecule has 0 fully saturated rings. The Kier molecular flexibility index (Phi) is 15.0. The molecule has 0 aliphatic rings. The van der Waals surface area contributed by atoms with Gasteiger partial charge < -0.3 is 5.11 Å². The van der Waals surface area contributed by atoms with Gasteiger partial charge in [-0.25, -0.2) is 0 Å². The van der Waals surface area contributed by atoms with Gasteiger partial charge in [0, 0.05) is 0 Å². The lowest BCUT2D eigenvalue weighted by atomic mass is 9.98. The van der Waals surface area contributed by atoms with E-state index in [1.807, 2.05) is 6.92 Å². The molecular formula is C19H36O2. The van der Waals surface area contributed by atoms with Crippen molar-refractivity contribution in [3.05, 3.63) is 12.2 Å². The number of hydrogen-bond acceptors (Lipinski definition) is 1. The number of rotatable bonds is 15. The number of carboxylic acids is 1. The van der Waals surface area contributed by atoms with Crippen molar-refractivity contribution in [2.75, 3.05) is 0 Å². The summed E-state index contributed by atoms with van der Waals surface area (Å²) >= 11 is 0. The average Bonchev–Trinajstić information content (AvgIpc) is 2.47. The van der Waals surface area contributed by atoms with Crippen molar-refractivity contribution in [3.63, 3.8) is 0 Å². The first-order chi connectivity index (χ1) is 10.2. The van der Waals surface area contributed by atoms with Gasteiger partial charge in [-0.15, -0.1) is 0 Å². The van der Waals surface area contributed by atoms with Crippen molar-refractivity contribution in [3.8, 4) is 0 Å². The summed E-state index contributed by atoms with van der Waals surface area (Å²) in [5.41, 5.74) is 0. The predicted molar refractivity (Wildman–Crippen MR) is 91.6 cm³/mol. The molecule has 21 heavy (non-hydrogen) atoms. The molecule has 2 heteroatoms. The van der Waals surface area contributed by atoms with E-state index in [1.165, 1.54) is 51.4 Å². The quantitative estimate of drug-likeness (QED) is 0.282. The number of hydrogen-bond donors (Lipinski definition) is 1. The highest BCUT2D eigenvalue weighted by molar-refractivity contribution is 5.69. The number of allylic oxidation sites excluding steroid dienone is 2. The molecule has 0 aliphatic carbocycles. The Morgan fingerprint density at radius 1 is 0.810 bits per heavy atom. The van der Waals surface area contributed by atoms with Crippen LogP contribution in [0.2, 0.25) is 0 Å². The highest BCUT2D eigenvalue weighted by Crippen LogP contribution is 2.14. The molecule has 0 spiro atoms. The fourth-order valence-corrected chi connectivity index (χ4v) is 2.67. The highest BCUT2D eigenvalue weighted by atomic mass is 16.4. The second-order valence-electron chi connectivity index (χ2n) is 6.14. The first-order valence-electron chi connectivity index (χ1n) is 9.10. The third-order valence-electron chi connectivity index (χ3n) is 4.06. The molecule has 0 aliphatic heterocycles. The minimum Gasteiger partial charge on any atom is -0.481 e. The fraction of sp³-hybridized carbons (Fsp3) is 0.842. The van der Waals surface area contributed by atoms with Crippen molar-refractivity contribution in [1.29, 1.82) is 0 Å². The molecule has 0 radical (unpaired) electrons. The summed E-state index contributed by atoms with van der Waals surface area (Å²) in [7, 11) is 0. The topological polar surface area (TPSA) is 37.3 Å². The summed E-state index contributed by atoms with van der Waals surface area (Å²) in [6.07, 6.45) is 19.9. The number of unbranched alkanes of at least 4 members (excludes halogenated alkanes) is 8. The maximum Gasteiger partial charge on any atom is 0.306 e. The van der Waals surface area contributed by atoms with E-state index >= 15 is 0 Å². The van der Waals surface area contributed by atoms with Gasteiger partial charge in [0.25, 0.3) is 0 Å². The van der Waals surface area contributed by atoms with E-state index in [0.717, 1.165) is 32.1 Å². The Morgan fingerprint density at radius 2 is 1.38 bits per heavy atom. The zero-order valence-electron chi connectivity index (χ0n) is 14.3. The summed E-state index contributed by atoms with van der Waals surface area (Å²) in [5, 5.41) is 9.06. The smallest absolute Gasteiger partial charge is 0.306 e. The molecule has 1 N–H and O–H groups in total. The Morgan fingerprint density at radius 3 is 1.95 bits per heavy atom. The standard InChI is InChI=1S/C19H36O2/c1-3-5-6-7-8-9-10-11-12-13-14-15-17-18(16-4-2)19(20)21/h13-14,18H,3-12,15-17H2,1-2H3,(H,20,21). The third-order valence-corrected chi connectivity index (χ3v) is 4.06. The lowest BCUT2D eigenvalue weighted by Crippen LogP contribution is -2.12. The Bertz CT molecular complexity index is 258. The van der Waals surface area contributed by atoms with Crippen molar-refractivity contribution in [2.24, 2.45) is 5.92 Å². The van der Waals surface area contributed by atoms with Crippen LogP contribution in [-0.2, 0) is 4.79 Å². The van der Waals surface area contributed by atoms with Crippen molar-refractivity contribution >= 4 is 5.97 Å². The summed E-state index contributed by atoms with van der Waals surface area (Å²) in [5.74, 6) is -0.781. The predicted octanol–water partition coefficient (Wildman–Crippen LogP) is 6.35. The van der Waals surface area contributed by atoms with Gasteiger partial charge >= 0.3 is 5.97 Å². The van der Waals surface area contributed by atoms with Crippen molar-refractivity contribution in [1.82, 2.24) is 0 Å². The second kappa shape index (κ2) is 15.6. The Balaban J connectivity index is 3.38. The zero-order chi connectivity index (χ0) is 15.8. The lowest BCUT2D eigenvalue weighted by Gasteiger charge is -2.08. The van der Waals surface area contributed by atoms with Crippen molar-refractivity contribution < 1.29 is 9.90 Å². The van der Waals surface area contributed by atoms with Gasteiger partial charge in [0.1, 0.15) is 0 Å².